The molecule has 1 unspecified atom stereocenters. The molecule has 0 aliphatic heterocycles. The summed E-state index contributed by atoms with van der Waals surface area (Å²) in [6, 6.07) is 16.9. The highest BCUT2D eigenvalue weighted by atomic mass is 16.5. The quantitative estimate of drug-likeness (QED) is 0.815. The molecule has 0 aromatic heterocycles. The lowest BCUT2D eigenvalue weighted by Crippen LogP contribution is -1.97. The second-order valence-electron chi connectivity index (χ2n) is 3.78. The molecule has 0 amide bonds. The SMILES string of the molecule is COc1ccccc1C(O)C#Cc1ccccc1. The summed E-state index contributed by atoms with van der Waals surface area (Å²) >= 11 is 0. The lowest BCUT2D eigenvalue weighted by molar-refractivity contribution is 0.232. The van der Waals surface area contributed by atoms with Gasteiger partial charge in [0.2, 0.25) is 0 Å². The molecule has 0 radical (unpaired) electrons. The van der Waals surface area contributed by atoms with Gasteiger partial charge in [0, 0.05) is 11.1 Å². The van der Waals surface area contributed by atoms with E-state index in [4.69, 9.17) is 4.74 Å². The van der Waals surface area contributed by atoms with Gasteiger partial charge in [-0.25, -0.2) is 0 Å². The summed E-state index contributed by atoms with van der Waals surface area (Å²) in [5.41, 5.74) is 1.56. The summed E-state index contributed by atoms with van der Waals surface area (Å²) < 4.78 is 5.19. The van der Waals surface area contributed by atoms with E-state index in [1.165, 1.54) is 0 Å². The molecule has 1 atom stereocenters. The van der Waals surface area contributed by atoms with Crippen LogP contribution in [0.2, 0.25) is 0 Å². The molecular formula is C16H14O2. The molecule has 2 nitrogen and oxygen atoms in total. The van der Waals surface area contributed by atoms with Crippen molar-refractivity contribution in [3.63, 3.8) is 0 Å². The van der Waals surface area contributed by atoms with Crippen molar-refractivity contribution in [3.8, 4) is 17.6 Å². The molecule has 2 rings (SSSR count). The van der Waals surface area contributed by atoms with Crippen LogP contribution in [0.15, 0.2) is 54.6 Å². The summed E-state index contributed by atoms with van der Waals surface area (Å²) in [6.07, 6.45) is -0.846. The van der Waals surface area contributed by atoms with E-state index in [1.807, 2.05) is 54.6 Å². The Morgan fingerprint density at radius 3 is 2.39 bits per heavy atom. The van der Waals surface area contributed by atoms with Crippen LogP contribution in [0.25, 0.3) is 0 Å². The Labute approximate surface area is 107 Å². The summed E-state index contributed by atoms with van der Waals surface area (Å²) in [4.78, 5) is 0. The molecule has 90 valence electrons. The third-order valence-corrected chi connectivity index (χ3v) is 2.56. The minimum Gasteiger partial charge on any atom is -0.496 e. The standard InChI is InChI=1S/C16H14O2/c1-18-16-10-6-5-9-14(16)15(17)12-11-13-7-3-2-4-8-13/h2-10,15,17H,1H3. The van der Waals surface area contributed by atoms with Crippen LogP contribution < -0.4 is 4.74 Å². The Hall–Kier alpha value is -2.24. The van der Waals surface area contributed by atoms with Crippen LogP contribution in [0.1, 0.15) is 17.2 Å². The number of benzene rings is 2. The second kappa shape index (κ2) is 5.90. The van der Waals surface area contributed by atoms with E-state index in [-0.39, 0.29) is 0 Å². The van der Waals surface area contributed by atoms with E-state index < -0.39 is 6.10 Å². The van der Waals surface area contributed by atoms with Gasteiger partial charge in [-0.2, -0.15) is 0 Å². The third-order valence-electron chi connectivity index (χ3n) is 2.56. The Morgan fingerprint density at radius 1 is 1.00 bits per heavy atom. The van der Waals surface area contributed by atoms with Crippen LogP contribution in [0, 0.1) is 11.8 Å². The highest BCUT2D eigenvalue weighted by Crippen LogP contribution is 2.23. The number of aliphatic hydroxyl groups excluding tert-OH is 1. The molecule has 2 aromatic carbocycles. The summed E-state index contributed by atoms with van der Waals surface area (Å²) in [7, 11) is 1.58. The molecule has 2 aromatic rings. The Morgan fingerprint density at radius 2 is 1.67 bits per heavy atom. The maximum absolute atomic E-state index is 10.0. The van der Waals surface area contributed by atoms with E-state index in [0.717, 1.165) is 5.56 Å². The van der Waals surface area contributed by atoms with Gasteiger partial charge in [-0.05, 0) is 18.2 Å². The zero-order valence-corrected chi connectivity index (χ0v) is 10.1. The minimum atomic E-state index is -0.846. The van der Waals surface area contributed by atoms with Gasteiger partial charge in [-0.3, -0.25) is 0 Å². The van der Waals surface area contributed by atoms with Crippen molar-refractivity contribution in [3.05, 3.63) is 65.7 Å². The number of hydrogen-bond acceptors (Lipinski definition) is 2. The van der Waals surface area contributed by atoms with Crippen molar-refractivity contribution in [1.29, 1.82) is 0 Å². The monoisotopic (exact) mass is 238 g/mol. The van der Waals surface area contributed by atoms with E-state index in [2.05, 4.69) is 11.8 Å². The van der Waals surface area contributed by atoms with Crippen LogP contribution in [-0.4, -0.2) is 12.2 Å². The predicted molar refractivity (Wildman–Crippen MR) is 71.3 cm³/mol. The number of para-hydroxylation sites is 1. The third kappa shape index (κ3) is 2.91. The molecular weight excluding hydrogens is 224 g/mol. The lowest BCUT2D eigenvalue weighted by atomic mass is 10.1. The van der Waals surface area contributed by atoms with E-state index in [1.54, 1.807) is 7.11 Å². The number of methoxy groups -OCH3 is 1. The van der Waals surface area contributed by atoms with Gasteiger partial charge in [0.1, 0.15) is 11.9 Å². The van der Waals surface area contributed by atoms with Gasteiger partial charge in [-0.15, -0.1) is 0 Å². The van der Waals surface area contributed by atoms with Crippen LogP contribution in [0.4, 0.5) is 0 Å². The molecule has 0 spiro atoms. The zero-order chi connectivity index (χ0) is 12.8. The summed E-state index contributed by atoms with van der Waals surface area (Å²) in [6.45, 7) is 0. The van der Waals surface area contributed by atoms with Crippen molar-refractivity contribution in [2.45, 2.75) is 6.10 Å². The van der Waals surface area contributed by atoms with Crippen molar-refractivity contribution in [2.24, 2.45) is 0 Å². The van der Waals surface area contributed by atoms with Gasteiger partial charge < -0.3 is 9.84 Å². The lowest BCUT2D eigenvalue weighted by Gasteiger charge is -2.09. The van der Waals surface area contributed by atoms with Gasteiger partial charge in [-0.1, -0.05) is 48.2 Å². The highest BCUT2D eigenvalue weighted by molar-refractivity contribution is 5.41. The fourth-order valence-corrected chi connectivity index (χ4v) is 1.64. The first-order valence-electron chi connectivity index (χ1n) is 5.69. The fourth-order valence-electron chi connectivity index (χ4n) is 1.64. The molecule has 18 heavy (non-hydrogen) atoms. The van der Waals surface area contributed by atoms with E-state index >= 15 is 0 Å². The minimum absolute atomic E-state index is 0.646. The molecule has 0 bridgehead atoms. The highest BCUT2D eigenvalue weighted by Gasteiger charge is 2.09. The maximum atomic E-state index is 10.0. The molecule has 1 N–H and O–H groups in total. The second-order valence-corrected chi connectivity index (χ2v) is 3.78. The molecule has 0 aliphatic rings. The van der Waals surface area contributed by atoms with Gasteiger partial charge in [0.25, 0.3) is 0 Å². The van der Waals surface area contributed by atoms with Gasteiger partial charge in [0.05, 0.1) is 7.11 Å². The Kier molecular flexibility index (Phi) is 4.01. The van der Waals surface area contributed by atoms with E-state index in [9.17, 15) is 5.11 Å². The first kappa shape index (κ1) is 12.2. The van der Waals surface area contributed by atoms with Gasteiger partial charge >= 0.3 is 0 Å². The van der Waals surface area contributed by atoms with Crippen LogP contribution in [0.3, 0.4) is 0 Å². The van der Waals surface area contributed by atoms with Gasteiger partial charge in [0.15, 0.2) is 0 Å². The molecule has 0 saturated heterocycles. The first-order valence-corrected chi connectivity index (χ1v) is 5.69. The average Bonchev–Trinajstić information content (AvgIpc) is 2.45. The van der Waals surface area contributed by atoms with Crippen molar-refractivity contribution >= 4 is 0 Å². The molecule has 0 saturated carbocycles. The molecule has 0 heterocycles. The molecule has 2 heteroatoms. The zero-order valence-electron chi connectivity index (χ0n) is 10.1. The van der Waals surface area contributed by atoms with Crippen LogP contribution in [-0.2, 0) is 0 Å². The van der Waals surface area contributed by atoms with Crippen molar-refractivity contribution < 1.29 is 9.84 Å². The van der Waals surface area contributed by atoms with Crippen LogP contribution >= 0.6 is 0 Å². The summed E-state index contributed by atoms with van der Waals surface area (Å²) in [5.74, 6) is 6.40. The maximum Gasteiger partial charge on any atom is 0.144 e. The Bertz CT molecular complexity index is 564. The number of rotatable bonds is 2. The van der Waals surface area contributed by atoms with Crippen molar-refractivity contribution in [2.75, 3.05) is 7.11 Å². The number of ether oxygens (including phenoxy) is 1. The largest absolute Gasteiger partial charge is 0.496 e. The molecule has 0 fully saturated rings. The van der Waals surface area contributed by atoms with E-state index in [0.29, 0.717) is 11.3 Å². The average molecular weight is 238 g/mol. The fraction of sp³-hybridized carbons (Fsp3) is 0.125. The Balaban J connectivity index is 2.23. The summed E-state index contributed by atoms with van der Waals surface area (Å²) in [5, 5.41) is 10.0. The predicted octanol–water partition coefficient (Wildman–Crippen LogP) is 2.78. The normalized spacial score (nSPS) is 11.2. The number of hydrogen-bond donors (Lipinski definition) is 1. The first-order chi connectivity index (χ1) is 8.81. The van der Waals surface area contributed by atoms with Crippen LogP contribution in [0.5, 0.6) is 5.75 Å². The smallest absolute Gasteiger partial charge is 0.144 e. The molecule has 0 aliphatic carbocycles. The number of aliphatic hydroxyl groups is 1. The topological polar surface area (TPSA) is 29.5 Å². The van der Waals surface area contributed by atoms with Crippen molar-refractivity contribution in [1.82, 2.24) is 0 Å².